The van der Waals surface area contributed by atoms with Crippen molar-refractivity contribution in [2.24, 2.45) is 11.8 Å². The predicted octanol–water partition coefficient (Wildman–Crippen LogP) is 3.04. The van der Waals surface area contributed by atoms with Crippen LogP contribution in [0, 0.1) is 29.5 Å². The highest BCUT2D eigenvalue weighted by molar-refractivity contribution is 5.41. The van der Waals surface area contributed by atoms with Crippen molar-refractivity contribution in [3.05, 3.63) is 35.1 Å². The SMILES string of the molecule is CC(C)C1CCN(Cc2ccc(F)cc2C#CCCO)C1. The molecule has 1 aliphatic rings. The molecule has 0 radical (unpaired) electrons. The van der Waals surface area contributed by atoms with Crippen LogP contribution in [-0.2, 0) is 6.54 Å². The maximum absolute atomic E-state index is 13.4. The fourth-order valence-electron chi connectivity index (χ4n) is 2.81. The number of halogens is 1. The summed E-state index contributed by atoms with van der Waals surface area (Å²) in [6.45, 7) is 7.63. The predicted molar refractivity (Wildman–Crippen MR) is 83.2 cm³/mol. The number of benzene rings is 1. The molecule has 1 aliphatic heterocycles. The average Bonchev–Trinajstić information content (AvgIpc) is 2.91. The molecule has 2 rings (SSSR count). The molecule has 1 saturated heterocycles. The van der Waals surface area contributed by atoms with Gasteiger partial charge in [-0.25, -0.2) is 4.39 Å². The average molecular weight is 289 g/mol. The molecule has 1 N–H and O–H groups in total. The second kappa shape index (κ2) is 7.59. The zero-order valence-electron chi connectivity index (χ0n) is 12.9. The fraction of sp³-hybridized carbons (Fsp3) is 0.556. The molecule has 114 valence electrons. The van der Waals surface area contributed by atoms with Crippen LogP contribution < -0.4 is 0 Å². The van der Waals surface area contributed by atoms with E-state index in [1.54, 1.807) is 0 Å². The largest absolute Gasteiger partial charge is 0.395 e. The van der Waals surface area contributed by atoms with Gasteiger partial charge in [0.1, 0.15) is 5.82 Å². The van der Waals surface area contributed by atoms with Gasteiger partial charge in [0.15, 0.2) is 0 Å². The molecule has 1 atom stereocenters. The maximum Gasteiger partial charge on any atom is 0.124 e. The third-order valence-corrected chi connectivity index (χ3v) is 4.18. The normalized spacial score (nSPS) is 18.8. The van der Waals surface area contributed by atoms with Gasteiger partial charge in [-0.3, -0.25) is 4.90 Å². The van der Waals surface area contributed by atoms with E-state index in [4.69, 9.17) is 5.11 Å². The van der Waals surface area contributed by atoms with Crippen molar-refractivity contribution < 1.29 is 9.50 Å². The Labute approximate surface area is 127 Å². The Morgan fingerprint density at radius 2 is 2.24 bits per heavy atom. The van der Waals surface area contributed by atoms with E-state index >= 15 is 0 Å². The van der Waals surface area contributed by atoms with Crippen LogP contribution in [0.3, 0.4) is 0 Å². The highest BCUT2D eigenvalue weighted by Gasteiger charge is 2.25. The van der Waals surface area contributed by atoms with Gasteiger partial charge in [0, 0.05) is 25.1 Å². The summed E-state index contributed by atoms with van der Waals surface area (Å²) in [6.07, 6.45) is 1.67. The summed E-state index contributed by atoms with van der Waals surface area (Å²) < 4.78 is 13.4. The number of hydrogen-bond acceptors (Lipinski definition) is 2. The summed E-state index contributed by atoms with van der Waals surface area (Å²) in [5.41, 5.74) is 1.82. The number of likely N-dealkylation sites (tertiary alicyclic amines) is 1. The molecular weight excluding hydrogens is 265 g/mol. The molecule has 0 bridgehead atoms. The van der Waals surface area contributed by atoms with E-state index < -0.39 is 0 Å². The number of aliphatic hydroxyl groups is 1. The summed E-state index contributed by atoms with van der Waals surface area (Å²) in [5.74, 6) is 7.09. The Morgan fingerprint density at radius 1 is 1.43 bits per heavy atom. The third kappa shape index (κ3) is 4.56. The van der Waals surface area contributed by atoms with Gasteiger partial charge in [-0.1, -0.05) is 31.8 Å². The molecule has 0 aromatic heterocycles. The van der Waals surface area contributed by atoms with Gasteiger partial charge in [-0.05, 0) is 42.5 Å². The second-order valence-electron chi connectivity index (χ2n) is 6.10. The number of rotatable bonds is 4. The fourth-order valence-corrected chi connectivity index (χ4v) is 2.81. The zero-order chi connectivity index (χ0) is 15.2. The van der Waals surface area contributed by atoms with Crippen LogP contribution in [0.15, 0.2) is 18.2 Å². The molecule has 0 spiro atoms. The van der Waals surface area contributed by atoms with Crippen LogP contribution in [0.1, 0.15) is 37.8 Å². The molecule has 1 heterocycles. The Balaban J connectivity index is 2.08. The van der Waals surface area contributed by atoms with Crippen LogP contribution >= 0.6 is 0 Å². The highest BCUT2D eigenvalue weighted by Crippen LogP contribution is 2.25. The van der Waals surface area contributed by atoms with Crippen LogP contribution in [0.25, 0.3) is 0 Å². The summed E-state index contributed by atoms with van der Waals surface area (Å²) in [5, 5.41) is 8.79. The zero-order valence-corrected chi connectivity index (χ0v) is 12.9. The quantitative estimate of drug-likeness (QED) is 0.861. The lowest BCUT2D eigenvalue weighted by Crippen LogP contribution is -2.22. The Kier molecular flexibility index (Phi) is 5.78. The Bertz CT molecular complexity index is 530. The van der Waals surface area contributed by atoms with E-state index in [2.05, 4.69) is 30.6 Å². The lowest BCUT2D eigenvalue weighted by atomic mass is 9.95. The summed E-state index contributed by atoms with van der Waals surface area (Å²) >= 11 is 0. The van der Waals surface area contributed by atoms with Crippen LogP contribution in [-0.4, -0.2) is 29.7 Å². The molecule has 1 aromatic carbocycles. The van der Waals surface area contributed by atoms with E-state index in [9.17, 15) is 4.39 Å². The Morgan fingerprint density at radius 3 is 2.90 bits per heavy atom. The smallest absolute Gasteiger partial charge is 0.124 e. The minimum absolute atomic E-state index is 0.0415. The van der Waals surface area contributed by atoms with Gasteiger partial charge in [0.25, 0.3) is 0 Å². The number of nitrogens with zero attached hydrogens (tertiary/aromatic N) is 1. The highest BCUT2D eigenvalue weighted by atomic mass is 19.1. The van der Waals surface area contributed by atoms with Crippen LogP contribution in [0.4, 0.5) is 4.39 Å². The monoisotopic (exact) mass is 289 g/mol. The van der Waals surface area contributed by atoms with E-state index in [1.807, 2.05) is 6.07 Å². The molecule has 0 amide bonds. The molecule has 0 aliphatic carbocycles. The molecule has 1 aromatic rings. The molecule has 1 fully saturated rings. The molecule has 0 saturated carbocycles. The number of hydrogen-bond donors (Lipinski definition) is 1. The van der Waals surface area contributed by atoms with Crippen molar-refractivity contribution in [3.63, 3.8) is 0 Å². The minimum Gasteiger partial charge on any atom is -0.395 e. The van der Waals surface area contributed by atoms with Gasteiger partial charge in [-0.15, -0.1) is 0 Å². The van der Waals surface area contributed by atoms with Gasteiger partial charge >= 0.3 is 0 Å². The standard InChI is InChI=1S/C18H24FNO/c1-14(2)16-8-9-20(12-16)13-17-6-7-18(19)11-15(17)5-3-4-10-21/h6-7,11,14,16,21H,4,8-10,12-13H2,1-2H3. The first kappa shape index (κ1) is 16.0. The first-order chi connectivity index (χ1) is 10.1. The van der Waals surface area contributed by atoms with Gasteiger partial charge < -0.3 is 5.11 Å². The maximum atomic E-state index is 13.4. The number of aliphatic hydroxyl groups excluding tert-OH is 1. The minimum atomic E-state index is -0.256. The van der Waals surface area contributed by atoms with E-state index in [0.717, 1.165) is 36.7 Å². The van der Waals surface area contributed by atoms with Crippen molar-refractivity contribution in [1.29, 1.82) is 0 Å². The first-order valence-electron chi connectivity index (χ1n) is 7.70. The van der Waals surface area contributed by atoms with Gasteiger partial charge in [0.2, 0.25) is 0 Å². The first-order valence-corrected chi connectivity index (χ1v) is 7.70. The van der Waals surface area contributed by atoms with Gasteiger partial charge in [0.05, 0.1) is 6.61 Å². The van der Waals surface area contributed by atoms with Crippen molar-refractivity contribution in [2.45, 2.75) is 33.2 Å². The molecular formula is C18H24FNO. The van der Waals surface area contributed by atoms with Gasteiger partial charge in [-0.2, -0.15) is 0 Å². The topological polar surface area (TPSA) is 23.5 Å². The van der Waals surface area contributed by atoms with E-state index in [0.29, 0.717) is 12.3 Å². The summed E-state index contributed by atoms with van der Waals surface area (Å²) in [4.78, 5) is 2.43. The molecule has 1 unspecified atom stereocenters. The van der Waals surface area contributed by atoms with E-state index in [1.165, 1.54) is 18.6 Å². The summed E-state index contributed by atoms with van der Waals surface area (Å²) in [7, 11) is 0. The van der Waals surface area contributed by atoms with Crippen molar-refractivity contribution in [2.75, 3.05) is 19.7 Å². The van der Waals surface area contributed by atoms with E-state index in [-0.39, 0.29) is 12.4 Å². The molecule has 21 heavy (non-hydrogen) atoms. The Hall–Kier alpha value is -1.37. The lowest BCUT2D eigenvalue weighted by molar-refractivity contribution is 0.296. The van der Waals surface area contributed by atoms with Crippen molar-refractivity contribution in [3.8, 4) is 11.8 Å². The van der Waals surface area contributed by atoms with Crippen LogP contribution in [0.2, 0.25) is 0 Å². The van der Waals surface area contributed by atoms with Crippen molar-refractivity contribution in [1.82, 2.24) is 4.90 Å². The molecule has 3 heteroatoms. The molecule has 2 nitrogen and oxygen atoms in total. The second-order valence-corrected chi connectivity index (χ2v) is 6.10. The lowest BCUT2D eigenvalue weighted by Gasteiger charge is -2.18. The summed E-state index contributed by atoms with van der Waals surface area (Å²) in [6, 6.07) is 4.83. The van der Waals surface area contributed by atoms with Crippen molar-refractivity contribution >= 4 is 0 Å². The van der Waals surface area contributed by atoms with Crippen LogP contribution in [0.5, 0.6) is 0 Å². The third-order valence-electron chi connectivity index (χ3n) is 4.18.